The zero-order chi connectivity index (χ0) is 11.6. The van der Waals surface area contributed by atoms with Crippen LogP contribution in [0, 0.1) is 0 Å². The van der Waals surface area contributed by atoms with Crippen molar-refractivity contribution in [2.45, 2.75) is 64.4 Å². The van der Waals surface area contributed by atoms with Crippen LogP contribution in [0.4, 0.5) is 0 Å². The van der Waals surface area contributed by atoms with Crippen molar-refractivity contribution in [3.8, 4) is 0 Å². The van der Waals surface area contributed by atoms with Gasteiger partial charge in [-0.2, -0.15) is 0 Å². The lowest BCUT2D eigenvalue weighted by Gasteiger charge is -2.09. The van der Waals surface area contributed by atoms with Gasteiger partial charge in [-0.3, -0.25) is 4.79 Å². The third-order valence-electron chi connectivity index (χ3n) is 2.94. The lowest BCUT2D eigenvalue weighted by molar-refractivity contribution is -0.144. The third-order valence-corrected chi connectivity index (χ3v) is 2.94. The van der Waals surface area contributed by atoms with Crippen molar-refractivity contribution in [1.29, 1.82) is 0 Å². The van der Waals surface area contributed by atoms with Crippen molar-refractivity contribution in [3.05, 3.63) is 0 Å². The molecule has 1 aliphatic rings. The van der Waals surface area contributed by atoms with E-state index in [-0.39, 0.29) is 5.97 Å². The summed E-state index contributed by atoms with van der Waals surface area (Å²) in [6, 6.07) is 0. The smallest absolute Gasteiger partial charge is 0.305 e. The van der Waals surface area contributed by atoms with E-state index in [1.54, 1.807) is 0 Å². The van der Waals surface area contributed by atoms with Crippen LogP contribution in [0.15, 0.2) is 0 Å². The molecule has 0 aromatic carbocycles. The zero-order valence-corrected chi connectivity index (χ0v) is 10.4. The summed E-state index contributed by atoms with van der Waals surface area (Å²) >= 11 is 0. The Kier molecular flexibility index (Phi) is 7.23. The normalized spacial score (nSPS) is 19.9. The molecule has 1 aliphatic heterocycles. The summed E-state index contributed by atoms with van der Waals surface area (Å²) in [6.07, 6.45) is 8.53. The number of esters is 1. The van der Waals surface area contributed by atoms with Crippen LogP contribution in [0.3, 0.4) is 0 Å². The molecular formula is C13H24O3. The summed E-state index contributed by atoms with van der Waals surface area (Å²) in [5.74, 6) is -0.0409. The van der Waals surface area contributed by atoms with Gasteiger partial charge in [0.05, 0.1) is 12.7 Å². The average Bonchev–Trinajstić information content (AvgIpc) is 2.78. The van der Waals surface area contributed by atoms with E-state index in [1.807, 2.05) is 0 Å². The predicted molar refractivity (Wildman–Crippen MR) is 63.3 cm³/mol. The average molecular weight is 228 g/mol. The molecule has 1 saturated heterocycles. The third kappa shape index (κ3) is 6.11. The first-order chi connectivity index (χ1) is 7.83. The number of rotatable bonds is 8. The van der Waals surface area contributed by atoms with Gasteiger partial charge in [0.25, 0.3) is 0 Å². The number of ether oxygens (including phenoxy) is 2. The Morgan fingerprint density at radius 2 is 2.25 bits per heavy atom. The van der Waals surface area contributed by atoms with E-state index in [4.69, 9.17) is 9.47 Å². The first-order valence-electron chi connectivity index (χ1n) is 6.60. The minimum atomic E-state index is -0.0409. The summed E-state index contributed by atoms with van der Waals surface area (Å²) < 4.78 is 10.7. The summed E-state index contributed by atoms with van der Waals surface area (Å²) in [6.45, 7) is 3.60. The van der Waals surface area contributed by atoms with E-state index in [0.717, 1.165) is 38.7 Å². The van der Waals surface area contributed by atoms with Gasteiger partial charge in [0, 0.05) is 13.0 Å². The quantitative estimate of drug-likeness (QED) is 0.473. The fraction of sp³-hybridized carbons (Fsp3) is 0.923. The van der Waals surface area contributed by atoms with Crippen molar-refractivity contribution in [1.82, 2.24) is 0 Å². The van der Waals surface area contributed by atoms with Gasteiger partial charge < -0.3 is 9.47 Å². The number of carbonyl (C=O) groups excluding carboxylic acids is 1. The molecule has 0 aliphatic carbocycles. The fourth-order valence-corrected chi connectivity index (χ4v) is 1.96. The maximum atomic E-state index is 11.3. The Labute approximate surface area is 98.5 Å². The van der Waals surface area contributed by atoms with Gasteiger partial charge in [0.1, 0.15) is 0 Å². The van der Waals surface area contributed by atoms with Gasteiger partial charge in [-0.1, -0.05) is 19.8 Å². The van der Waals surface area contributed by atoms with Crippen LogP contribution in [0.25, 0.3) is 0 Å². The number of hydrogen-bond acceptors (Lipinski definition) is 3. The molecule has 0 unspecified atom stereocenters. The van der Waals surface area contributed by atoms with Crippen molar-refractivity contribution in [2.24, 2.45) is 0 Å². The Morgan fingerprint density at radius 1 is 1.38 bits per heavy atom. The fourth-order valence-electron chi connectivity index (χ4n) is 1.96. The topological polar surface area (TPSA) is 35.5 Å². The Hall–Kier alpha value is -0.570. The highest BCUT2D eigenvalue weighted by molar-refractivity contribution is 5.69. The van der Waals surface area contributed by atoms with Gasteiger partial charge in [0.15, 0.2) is 0 Å². The number of hydrogen-bond donors (Lipinski definition) is 0. The molecule has 0 N–H and O–H groups in total. The molecule has 16 heavy (non-hydrogen) atoms. The van der Waals surface area contributed by atoms with Crippen LogP contribution >= 0.6 is 0 Å². The van der Waals surface area contributed by atoms with Gasteiger partial charge in [-0.15, -0.1) is 0 Å². The molecule has 0 bridgehead atoms. The van der Waals surface area contributed by atoms with E-state index in [9.17, 15) is 4.79 Å². The molecule has 0 radical (unpaired) electrons. The molecule has 0 amide bonds. The van der Waals surface area contributed by atoms with Gasteiger partial charge in [-0.05, 0) is 32.1 Å². The molecule has 1 atom stereocenters. The first kappa shape index (κ1) is 13.5. The highest BCUT2D eigenvalue weighted by Crippen LogP contribution is 2.16. The van der Waals surface area contributed by atoms with Crippen LogP contribution in [-0.2, 0) is 14.3 Å². The molecule has 0 spiro atoms. The van der Waals surface area contributed by atoms with E-state index in [2.05, 4.69) is 6.92 Å². The Balaban J connectivity index is 1.87. The van der Waals surface area contributed by atoms with E-state index in [0.29, 0.717) is 19.1 Å². The largest absolute Gasteiger partial charge is 0.466 e. The van der Waals surface area contributed by atoms with Crippen molar-refractivity contribution >= 4 is 5.97 Å². The van der Waals surface area contributed by atoms with Crippen LogP contribution in [0.1, 0.15) is 58.3 Å². The minimum Gasteiger partial charge on any atom is -0.466 e. The summed E-state index contributed by atoms with van der Waals surface area (Å²) in [5.41, 5.74) is 0. The molecule has 94 valence electrons. The molecule has 0 aromatic heterocycles. The van der Waals surface area contributed by atoms with E-state index < -0.39 is 0 Å². The second kappa shape index (κ2) is 8.57. The Morgan fingerprint density at radius 3 is 2.94 bits per heavy atom. The minimum absolute atomic E-state index is 0.0409. The van der Waals surface area contributed by atoms with Crippen molar-refractivity contribution in [3.63, 3.8) is 0 Å². The van der Waals surface area contributed by atoms with Crippen LogP contribution in [0.5, 0.6) is 0 Å². The standard InChI is InChI=1S/C13H24O3/c1-2-3-4-9-13(14)16-11-6-8-12-7-5-10-15-12/h12H,2-11H2,1H3/t12-/m1/s1. The van der Waals surface area contributed by atoms with Gasteiger partial charge in [-0.25, -0.2) is 0 Å². The molecule has 3 heteroatoms. The maximum absolute atomic E-state index is 11.3. The molecule has 1 rings (SSSR count). The monoisotopic (exact) mass is 228 g/mol. The lowest BCUT2D eigenvalue weighted by Crippen LogP contribution is -2.09. The van der Waals surface area contributed by atoms with Crippen molar-refractivity contribution in [2.75, 3.05) is 13.2 Å². The molecule has 1 fully saturated rings. The molecule has 0 saturated carbocycles. The zero-order valence-electron chi connectivity index (χ0n) is 10.4. The SMILES string of the molecule is CCCCCC(=O)OCCC[C@H]1CCCO1. The van der Waals surface area contributed by atoms with E-state index in [1.165, 1.54) is 12.8 Å². The maximum Gasteiger partial charge on any atom is 0.305 e. The Bertz CT molecular complexity index is 186. The number of carbonyl (C=O) groups is 1. The molecule has 3 nitrogen and oxygen atoms in total. The first-order valence-corrected chi connectivity index (χ1v) is 6.60. The lowest BCUT2D eigenvalue weighted by atomic mass is 10.1. The number of unbranched alkanes of at least 4 members (excludes halogenated alkanes) is 2. The van der Waals surface area contributed by atoms with Crippen LogP contribution in [0.2, 0.25) is 0 Å². The van der Waals surface area contributed by atoms with Gasteiger partial charge >= 0.3 is 5.97 Å². The second-order valence-electron chi connectivity index (χ2n) is 4.45. The summed E-state index contributed by atoms with van der Waals surface area (Å²) in [4.78, 5) is 11.3. The van der Waals surface area contributed by atoms with Crippen molar-refractivity contribution < 1.29 is 14.3 Å². The van der Waals surface area contributed by atoms with Crippen LogP contribution in [-0.4, -0.2) is 25.3 Å². The molecular weight excluding hydrogens is 204 g/mol. The second-order valence-corrected chi connectivity index (χ2v) is 4.45. The predicted octanol–water partition coefficient (Wildman–Crippen LogP) is 3.07. The summed E-state index contributed by atoms with van der Waals surface area (Å²) in [7, 11) is 0. The van der Waals surface area contributed by atoms with Crippen LogP contribution < -0.4 is 0 Å². The van der Waals surface area contributed by atoms with Gasteiger partial charge in [0.2, 0.25) is 0 Å². The molecule has 0 aromatic rings. The molecule has 1 heterocycles. The highest BCUT2D eigenvalue weighted by atomic mass is 16.5. The highest BCUT2D eigenvalue weighted by Gasteiger charge is 2.14. The van der Waals surface area contributed by atoms with E-state index >= 15 is 0 Å². The summed E-state index contributed by atoms with van der Waals surface area (Å²) in [5, 5.41) is 0.